The summed E-state index contributed by atoms with van der Waals surface area (Å²) in [7, 11) is 0. The summed E-state index contributed by atoms with van der Waals surface area (Å²) >= 11 is 6.17. The molecule has 0 unspecified atom stereocenters. The molecule has 2 aromatic heterocycles. The molecule has 0 aliphatic heterocycles. The number of aromatic nitrogens is 4. The van der Waals surface area contributed by atoms with Crippen LogP contribution in [0.5, 0.6) is 0 Å². The lowest BCUT2D eigenvalue weighted by Crippen LogP contribution is -2.01. The van der Waals surface area contributed by atoms with E-state index in [1.54, 1.807) is 0 Å². The molecule has 2 rings (SSSR count). The van der Waals surface area contributed by atoms with E-state index in [0.717, 1.165) is 29.9 Å². The second kappa shape index (κ2) is 4.94. The Bertz CT molecular complexity index is 576. The van der Waals surface area contributed by atoms with Gasteiger partial charge in [0.1, 0.15) is 17.2 Å². The Morgan fingerprint density at radius 1 is 1.33 bits per heavy atom. The molecule has 0 bridgehead atoms. The van der Waals surface area contributed by atoms with Crippen molar-refractivity contribution in [3.8, 4) is 11.3 Å². The fourth-order valence-electron chi connectivity index (χ4n) is 2.03. The summed E-state index contributed by atoms with van der Waals surface area (Å²) in [5, 5.41) is 4.89. The van der Waals surface area contributed by atoms with Gasteiger partial charge in [0.25, 0.3) is 0 Å². The highest BCUT2D eigenvalue weighted by Gasteiger charge is 2.18. The third-order valence-electron chi connectivity index (χ3n) is 2.87. The van der Waals surface area contributed by atoms with Gasteiger partial charge in [-0.25, -0.2) is 9.97 Å². The Morgan fingerprint density at radius 2 is 2.06 bits per heavy atom. The molecule has 0 aliphatic carbocycles. The Labute approximate surface area is 111 Å². The Kier molecular flexibility index (Phi) is 3.52. The van der Waals surface area contributed by atoms with E-state index in [2.05, 4.69) is 22.0 Å². The Hall–Kier alpha value is -1.62. The zero-order valence-electron chi connectivity index (χ0n) is 10.7. The van der Waals surface area contributed by atoms with Crippen molar-refractivity contribution >= 4 is 17.4 Å². The normalized spacial score (nSPS) is 10.9. The maximum absolute atomic E-state index is 6.17. The van der Waals surface area contributed by atoms with Crippen LogP contribution in [-0.4, -0.2) is 19.7 Å². The predicted octanol–water partition coefficient (Wildman–Crippen LogP) is 2.60. The molecule has 0 amide bonds. The van der Waals surface area contributed by atoms with Crippen molar-refractivity contribution in [2.45, 2.75) is 33.7 Å². The molecule has 0 fully saturated rings. The molecule has 0 spiro atoms. The second-order valence-corrected chi connectivity index (χ2v) is 4.57. The molecule has 5 nitrogen and oxygen atoms in total. The van der Waals surface area contributed by atoms with Crippen LogP contribution in [0.4, 0.5) is 5.82 Å². The topological polar surface area (TPSA) is 69.6 Å². The minimum absolute atomic E-state index is 0.295. The standard InChI is InChI=1S/C12H16ClN5/c1-4-5-18-8(3)9(7(2)17-18)11-10(13)12(14)16-6-15-11/h6H,4-5H2,1-3H3,(H2,14,15,16). The highest BCUT2D eigenvalue weighted by atomic mass is 35.5. The van der Waals surface area contributed by atoms with Gasteiger partial charge in [-0.05, 0) is 20.3 Å². The summed E-state index contributed by atoms with van der Waals surface area (Å²) in [6.07, 6.45) is 2.45. The number of nitrogens with two attached hydrogens (primary N) is 1. The van der Waals surface area contributed by atoms with Crippen LogP contribution in [0.15, 0.2) is 6.33 Å². The first-order valence-corrected chi connectivity index (χ1v) is 6.24. The molecule has 0 atom stereocenters. The van der Waals surface area contributed by atoms with Gasteiger partial charge in [-0.15, -0.1) is 0 Å². The van der Waals surface area contributed by atoms with E-state index in [-0.39, 0.29) is 0 Å². The molecule has 0 saturated carbocycles. The number of hydrogen-bond acceptors (Lipinski definition) is 4. The van der Waals surface area contributed by atoms with Crippen molar-refractivity contribution in [1.29, 1.82) is 0 Å². The number of nitrogens with zero attached hydrogens (tertiary/aromatic N) is 4. The largest absolute Gasteiger partial charge is 0.382 e. The van der Waals surface area contributed by atoms with Crippen LogP contribution in [-0.2, 0) is 6.54 Å². The summed E-state index contributed by atoms with van der Waals surface area (Å²) in [4.78, 5) is 8.10. The zero-order valence-corrected chi connectivity index (χ0v) is 11.5. The molecular formula is C12H16ClN5. The summed E-state index contributed by atoms with van der Waals surface area (Å²) in [6, 6.07) is 0. The van der Waals surface area contributed by atoms with Crippen molar-refractivity contribution in [2.24, 2.45) is 0 Å². The maximum atomic E-state index is 6.17. The van der Waals surface area contributed by atoms with E-state index in [0.29, 0.717) is 16.5 Å². The maximum Gasteiger partial charge on any atom is 0.146 e. The van der Waals surface area contributed by atoms with Crippen LogP contribution in [0.2, 0.25) is 5.02 Å². The van der Waals surface area contributed by atoms with E-state index >= 15 is 0 Å². The summed E-state index contributed by atoms with van der Waals surface area (Å²) in [5.41, 5.74) is 9.27. The van der Waals surface area contributed by atoms with E-state index in [9.17, 15) is 0 Å². The van der Waals surface area contributed by atoms with Crippen molar-refractivity contribution < 1.29 is 0 Å². The predicted molar refractivity (Wildman–Crippen MR) is 72.4 cm³/mol. The number of rotatable bonds is 3. The van der Waals surface area contributed by atoms with Gasteiger partial charge in [0.15, 0.2) is 0 Å². The Balaban J connectivity index is 2.60. The number of anilines is 1. The van der Waals surface area contributed by atoms with Gasteiger partial charge in [0.05, 0.1) is 11.4 Å². The minimum Gasteiger partial charge on any atom is -0.382 e. The van der Waals surface area contributed by atoms with Gasteiger partial charge >= 0.3 is 0 Å². The second-order valence-electron chi connectivity index (χ2n) is 4.19. The van der Waals surface area contributed by atoms with Gasteiger partial charge in [-0.1, -0.05) is 18.5 Å². The lowest BCUT2D eigenvalue weighted by molar-refractivity contribution is 0.583. The molecule has 96 valence electrons. The average molecular weight is 266 g/mol. The number of aryl methyl sites for hydroxylation is 2. The van der Waals surface area contributed by atoms with Crippen LogP contribution < -0.4 is 5.73 Å². The van der Waals surface area contributed by atoms with Crippen molar-refractivity contribution in [3.63, 3.8) is 0 Å². The zero-order chi connectivity index (χ0) is 13.3. The molecule has 2 aromatic rings. The lowest BCUT2D eigenvalue weighted by Gasteiger charge is -2.06. The molecule has 0 radical (unpaired) electrons. The quantitative estimate of drug-likeness (QED) is 0.926. The molecular weight excluding hydrogens is 250 g/mol. The van der Waals surface area contributed by atoms with Crippen LogP contribution in [0.3, 0.4) is 0 Å². The van der Waals surface area contributed by atoms with Gasteiger partial charge in [0.2, 0.25) is 0 Å². The van der Waals surface area contributed by atoms with Gasteiger partial charge in [-0.3, -0.25) is 4.68 Å². The van der Waals surface area contributed by atoms with E-state index in [1.807, 2.05) is 18.5 Å². The Morgan fingerprint density at radius 3 is 2.72 bits per heavy atom. The fourth-order valence-corrected chi connectivity index (χ4v) is 2.22. The van der Waals surface area contributed by atoms with Crippen LogP contribution in [0, 0.1) is 13.8 Å². The first kappa shape index (κ1) is 12.8. The van der Waals surface area contributed by atoms with Gasteiger partial charge < -0.3 is 5.73 Å². The molecule has 2 N–H and O–H groups in total. The smallest absolute Gasteiger partial charge is 0.146 e. The number of hydrogen-bond donors (Lipinski definition) is 1. The highest BCUT2D eigenvalue weighted by molar-refractivity contribution is 6.35. The van der Waals surface area contributed by atoms with E-state index in [4.69, 9.17) is 17.3 Å². The van der Waals surface area contributed by atoms with Gasteiger partial charge in [0, 0.05) is 17.8 Å². The highest BCUT2D eigenvalue weighted by Crippen LogP contribution is 2.32. The summed E-state index contributed by atoms with van der Waals surface area (Å²) < 4.78 is 1.97. The van der Waals surface area contributed by atoms with E-state index in [1.165, 1.54) is 6.33 Å². The number of nitrogen functional groups attached to an aromatic ring is 1. The number of halogens is 1. The third-order valence-corrected chi connectivity index (χ3v) is 3.24. The van der Waals surface area contributed by atoms with Crippen LogP contribution in [0.1, 0.15) is 24.7 Å². The first-order valence-electron chi connectivity index (χ1n) is 5.86. The van der Waals surface area contributed by atoms with E-state index < -0.39 is 0 Å². The SMILES string of the molecule is CCCn1nc(C)c(-c2ncnc(N)c2Cl)c1C. The van der Waals surface area contributed by atoms with Crippen molar-refractivity contribution in [3.05, 3.63) is 22.7 Å². The molecule has 18 heavy (non-hydrogen) atoms. The van der Waals surface area contributed by atoms with Crippen LogP contribution >= 0.6 is 11.6 Å². The first-order chi connectivity index (χ1) is 8.56. The van der Waals surface area contributed by atoms with Crippen molar-refractivity contribution in [1.82, 2.24) is 19.7 Å². The molecule has 0 aliphatic rings. The van der Waals surface area contributed by atoms with Gasteiger partial charge in [-0.2, -0.15) is 5.10 Å². The average Bonchev–Trinajstić information content (AvgIpc) is 2.60. The monoisotopic (exact) mass is 265 g/mol. The third kappa shape index (κ3) is 2.06. The minimum atomic E-state index is 0.295. The molecule has 0 saturated heterocycles. The molecule has 2 heterocycles. The summed E-state index contributed by atoms with van der Waals surface area (Å²) in [5.74, 6) is 0.295. The molecule has 6 heteroatoms. The molecule has 0 aromatic carbocycles. The van der Waals surface area contributed by atoms with Crippen LogP contribution in [0.25, 0.3) is 11.3 Å². The van der Waals surface area contributed by atoms with Crippen molar-refractivity contribution in [2.75, 3.05) is 5.73 Å². The summed E-state index contributed by atoms with van der Waals surface area (Å²) in [6.45, 7) is 6.96. The lowest BCUT2D eigenvalue weighted by atomic mass is 10.1. The fraction of sp³-hybridized carbons (Fsp3) is 0.417.